The Morgan fingerprint density at radius 2 is 1.50 bits per heavy atom. The number of anilines is 1. The molecule has 1 amide bonds. The fraction of sp³-hybridized carbons (Fsp3) is 0.103. The van der Waals surface area contributed by atoms with Gasteiger partial charge >= 0.3 is 12.1 Å². The van der Waals surface area contributed by atoms with Crippen molar-refractivity contribution < 1.29 is 37.0 Å². The Bertz CT molecular complexity index is 1500. The molecule has 0 saturated carbocycles. The Hall–Kier alpha value is -4.66. The second kappa shape index (κ2) is 10.8. The highest BCUT2D eigenvalue weighted by molar-refractivity contribution is 6.01. The number of halogens is 4. The van der Waals surface area contributed by atoms with Crippen LogP contribution in [0.25, 0.3) is 22.3 Å². The van der Waals surface area contributed by atoms with Crippen molar-refractivity contribution in [1.82, 2.24) is 0 Å². The number of hydrogen-bond acceptors (Lipinski definition) is 3. The number of amides is 1. The normalized spacial score (nSPS) is 11.2. The molecule has 0 saturated heterocycles. The predicted molar refractivity (Wildman–Crippen MR) is 134 cm³/mol. The molecule has 0 atom stereocenters. The van der Waals surface area contributed by atoms with Crippen LogP contribution < -0.4 is 10.1 Å². The molecule has 4 rings (SSSR count). The summed E-state index contributed by atoms with van der Waals surface area (Å²) >= 11 is 0. The molecule has 0 bridgehead atoms. The number of aromatic carboxylic acids is 1. The molecule has 5 nitrogen and oxygen atoms in total. The summed E-state index contributed by atoms with van der Waals surface area (Å²) in [5, 5.41) is 12.4. The quantitative estimate of drug-likeness (QED) is 0.247. The van der Waals surface area contributed by atoms with Crippen molar-refractivity contribution in [3.8, 4) is 28.0 Å². The topological polar surface area (TPSA) is 75.6 Å². The van der Waals surface area contributed by atoms with Gasteiger partial charge in [0.2, 0.25) is 5.91 Å². The summed E-state index contributed by atoms with van der Waals surface area (Å²) in [6.07, 6.45) is -4.64. The number of carboxylic acids is 1. The van der Waals surface area contributed by atoms with Crippen LogP contribution in [0.1, 0.15) is 28.4 Å². The summed E-state index contributed by atoms with van der Waals surface area (Å²) in [6.45, 7) is 1.26. The SMILES string of the molecule is CC(=O)Nc1ccc(C(=O)O)c(-c2ccccc2-c2cc(C(F)(F)F)ccc2OCc2ccc(F)cc2)c1. The van der Waals surface area contributed by atoms with E-state index in [1.54, 1.807) is 24.3 Å². The largest absolute Gasteiger partial charge is 0.488 e. The van der Waals surface area contributed by atoms with E-state index in [1.165, 1.54) is 55.5 Å². The zero-order valence-corrected chi connectivity index (χ0v) is 20.0. The van der Waals surface area contributed by atoms with Crippen molar-refractivity contribution in [1.29, 1.82) is 0 Å². The van der Waals surface area contributed by atoms with Gasteiger partial charge in [-0.25, -0.2) is 9.18 Å². The summed E-state index contributed by atoms with van der Waals surface area (Å²) < 4.78 is 60.2. The van der Waals surface area contributed by atoms with Crippen molar-refractivity contribution in [2.45, 2.75) is 19.7 Å². The number of alkyl halides is 3. The number of rotatable bonds is 7. The van der Waals surface area contributed by atoms with Crippen molar-refractivity contribution in [3.63, 3.8) is 0 Å². The molecule has 0 spiro atoms. The molecule has 0 heterocycles. The van der Waals surface area contributed by atoms with Crippen LogP contribution in [-0.4, -0.2) is 17.0 Å². The summed E-state index contributed by atoms with van der Waals surface area (Å²) in [7, 11) is 0. The molecule has 38 heavy (non-hydrogen) atoms. The first kappa shape index (κ1) is 26.4. The van der Waals surface area contributed by atoms with Gasteiger partial charge in [-0.15, -0.1) is 0 Å². The van der Waals surface area contributed by atoms with Crippen molar-refractivity contribution in [2.24, 2.45) is 0 Å². The number of ether oxygens (including phenoxy) is 1. The number of carboxylic acid groups (broad SMARTS) is 1. The van der Waals surface area contributed by atoms with E-state index >= 15 is 0 Å². The van der Waals surface area contributed by atoms with Gasteiger partial charge in [0.1, 0.15) is 18.2 Å². The van der Waals surface area contributed by atoms with Gasteiger partial charge in [0.05, 0.1) is 11.1 Å². The molecule has 4 aromatic rings. The molecule has 4 aromatic carbocycles. The van der Waals surface area contributed by atoms with Gasteiger partial charge < -0.3 is 15.2 Å². The standard InChI is InChI=1S/C29H21F4NO4/c1-17(35)34-21-11-12-24(28(36)37)25(15-21)22-4-2-3-5-23(22)26-14-19(29(31,32)33)8-13-27(26)38-16-18-6-9-20(30)10-7-18/h2-15H,16H2,1H3,(H,34,35)(H,36,37). The number of carbonyl (C=O) groups excluding carboxylic acids is 1. The molecule has 0 aliphatic carbocycles. The van der Waals surface area contributed by atoms with Crippen LogP contribution in [0.15, 0.2) is 84.9 Å². The minimum atomic E-state index is -4.64. The molecule has 0 aliphatic heterocycles. The van der Waals surface area contributed by atoms with E-state index < -0.39 is 23.5 Å². The zero-order valence-electron chi connectivity index (χ0n) is 20.0. The lowest BCUT2D eigenvalue weighted by Gasteiger charge is -2.18. The Morgan fingerprint density at radius 3 is 2.11 bits per heavy atom. The minimum absolute atomic E-state index is 0.0425. The lowest BCUT2D eigenvalue weighted by Crippen LogP contribution is -2.08. The maximum atomic E-state index is 13.7. The number of nitrogens with one attached hydrogen (secondary N) is 1. The summed E-state index contributed by atoms with van der Waals surface area (Å²) in [5.74, 6) is -1.94. The maximum Gasteiger partial charge on any atom is 0.416 e. The van der Waals surface area contributed by atoms with Crippen LogP contribution in [-0.2, 0) is 17.6 Å². The highest BCUT2D eigenvalue weighted by atomic mass is 19.4. The number of hydrogen-bond donors (Lipinski definition) is 2. The summed E-state index contributed by atoms with van der Waals surface area (Å²) in [5.41, 5.74) is 0.790. The number of carbonyl (C=O) groups is 2. The Kier molecular flexibility index (Phi) is 7.47. The predicted octanol–water partition coefficient (Wildman–Crippen LogP) is 7.41. The van der Waals surface area contributed by atoms with Gasteiger partial charge in [-0.3, -0.25) is 4.79 Å². The smallest absolute Gasteiger partial charge is 0.416 e. The van der Waals surface area contributed by atoms with Gasteiger partial charge in [-0.1, -0.05) is 36.4 Å². The third-order valence-electron chi connectivity index (χ3n) is 5.69. The maximum absolute atomic E-state index is 13.7. The molecule has 2 N–H and O–H groups in total. The zero-order chi connectivity index (χ0) is 27.4. The molecule has 0 aliphatic rings. The third kappa shape index (κ3) is 6.00. The first-order valence-electron chi connectivity index (χ1n) is 11.4. The highest BCUT2D eigenvalue weighted by Crippen LogP contribution is 2.42. The van der Waals surface area contributed by atoms with E-state index in [-0.39, 0.29) is 40.5 Å². The van der Waals surface area contributed by atoms with Crippen LogP contribution in [0, 0.1) is 5.82 Å². The van der Waals surface area contributed by atoms with E-state index in [1.807, 2.05) is 0 Å². The summed E-state index contributed by atoms with van der Waals surface area (Å²) in [6, 6.07) is 19.1. The molecular weight excluding hydrogens is 502 g/mol. The second-order valence-electron chi connectivity index (χ2n) is 8.42. The van der Waals surface area contributed by atoms with Gasteiger partial charge in [0.25, 0.3) is 0 Å². The monoisotopic (exact) mass is 523 g/mol. The Morgan fingerprint density at radius 1 is 0.842 bits per heavy atom. The van der Waals surface area contributed by atoms with Crippen molar-refractivity contribution >= 4 is 17.6 Å². The van der Waals surface area contributed by atoms with Crippen LogP contribution >= 0.6 is 0 Å². The fourth-order valence-corrected chi connectivity index (χ4v) is 3.97. The second-order valence-corrected chi connectivity index (χ2v) is 8.42. The average Bonchev–Trinajstić information content (AvgIpc) is 2.87. The Balaban J connectivity index is 1.88. The molecule has 9 heteroatoms. The molecular formula is C29H21F4NO4. The van der Waals surface area contributed by atoms with E-state index in [0.717, 1.165) is 12.1 Å². The molecule has 0 radical (unpaired) electrons. The lowest BCUT2D eigenvalue weighted by atomic mass is 9.90. The Labute approximate surface area is 215 Å². The van der Waals surface area contributed by atoms with Crippen molar-refractivity contribution in [3.05, 3.63) is 107 Å². The van der Waals surface area contributed by atoms with Crippen LogP contribution in [0.4, 0.5) is 23.2 Å². The molecule has 0 aromatic heterocycles. The van der Waals surface area contributed by atoms with E-state index in [4.69, 9.17) is 4.74 Å². The summed E-state index contributed by atoms with van der Waals surface area (Å²) in [4.78, 5) is 23.6. The van der Waals surface area contributed by atoms with Gasteiger partial charge in [0.15, 0.2) is 0 Å². The third-order valence-corrected chi connectivity index (χ3v) is 5.69. The van der Waals surface area contributed by atoms with Gasteiger partial charge in [-0.05, 0) is 70.8 Å². The van der Waals surface area contributed by atoms with Crippen LogP contribution in [0.3, 0.4) is 0 Å². The highest BCUT2D eigenvalue weighted by Gasteiger charge is 2.32. The van der Waals surface area contributed by atoms with E-state index in [9.17, 15) is 32.3 Å². The van der Waals surface area contributed by atoms with E-state index in [2.05, 4.69) is 5.32 Å². The molecule has 194 valence electrons. The first-order chi connectivity index (χ1) is 18.0. The lowest BCUT2D eigenvalue weighted by molar-refractivity contribution is -0.137. The van der Waals surface area contributed by atoms with Crippen LogP contribution in [0.5, 0.6) is 5.75 Å². The molecule has 0 fully saturated rings. The first-order valence-corrected chi connectivity index (χ1v) is 11.4. The van der Waals surface area contributed by atoms with Gasteiger partial charge in [0, 0.05) is 18.2 Å². The van der Waals surface area contributed by atoms with E-state index in [0.29, 0.717) is 16.8 Å². The average molecular weight is 523 g/mol. The molecule has 0 unspecified atom stereocenters. The van der Waals surface area contributed by atoms with Crippen molar-refractivity contribution in [2.75, 3.05) is 5.32 Å². The minimum Gasteiger partial charge on any atom is -0.488 e. The number of benzene rings is 4. The fourth-order valence-electron chi connectivity index (χ4n) is 3.97. The van der Waals surface area contributed by atoms with Gasteiger partial charge in [-0.2, -0.15) is 13.2 Å². The van der Waals surface area contributed by atoms with Crippen LogP contribution in [0.2, 0.25) is 0 Å².